The molecule has 3 aromatic rings. The van der Waals surface area contributed by atoms with Crippen LogP contribution in [-0.4, -0.2) is 30.8 Å². The number of benzene rings is 2. The summed E-state index contributed by atoms with van der Waals surface area (Å²) in [5.74, 6) is 0.199. The summed E-state index contributed by atoms with van der Waals surface area (Å²) in [6, 6.07) is 17.3. The second kappa shape index (κ2) is 8.59. The Morgan fingerprint density at radius 3 is 2.39 bits per heavy atom. The van der Waals surface area contributed by atoms with Gasteiger partial charge < -0.3 is 10.6 Å². The minimum absolute atomic E-state index is 0.0553. The third kappa shape index (κ3) is 5.35. The molecule has 0 spiro atoms. The number of rotatable bonds is 7. The lowest BCUT2D eigenvalue weighted by atomic mass is 10.1. The summed E-state index contributed by atoms with van der Waals surface area (Å²) in [6.45, 7) is 0.374. The highest BCUT2D eigenvalue weighted by Crippen LogP contribution is 2.14. The first-order valence-electron chi connectivity index (χ1n) is 8.46. The summed E-state index contributed by atoms with van der Waals surface area (Å²) in [6.07, 6.45) is 1.86. The zero-order chi connectivity index (χ0) is 20.0. The molecule has 0 aliphatic rings. The Morgan fingerprint density at radius 1 is 1.00 bits per heavy atom. The highest BCUT2D eigenvalue weighted by molar-refractivity contribution is 7.89. The SMILES string of the molecule is NS(=O)(=O)c1ccc(CCNC(=O)c2cc(Nc3ccccc3)ncn2)cc1. The van der Waals surface area contributed by atoms with Crippen molar-refractivity contribution in [3.63, 3.8) is 0 Å². The van der Waals surface area contributed by atoms with E-state index in [0.29, 0.717) is 18.8 Å². The van der Waals surface area contributed by atoms with Crippen LogP contribution in [-0.2, 0) is 16.4 Å². The van der Waals surface area contributed by atoms with E-state index in [1.54, 1.807) is 18.2 Å². The minimum atomic E-state index is -3.71. The number of anilines is 2. The summed E-state index contributed by atoms with van der Waals surface area (Å²) in [5, 5.41) is 11.0. The van der Waals surface area contributed by atoms with Gasteiger partial charge >= 0.3 is 0 Å². The number of hydrogen-bond donors (Lipinski definition) is 3. The molecule has 0 bridgehead atoms. The number of carbonyl (C=O) groups is 1. The molecule has 0 saturated carbocycles. The van der Waals surface area contributed by atoms with Crippen LogP contribution in [0.1, 0.15) is 16.1 Å². The van der Waals surface area contributed by atoms with E-state index in [-0.39, 0.29) is 16.5 Å². The average Bonchev–Trinajstić information content (AvgIpc) is 2.68. The van der Waals surface area contributed by atoms with Crippen molar-refractivity contribution in [3.8, 4) is 0 Å². The van der Waals surface area contributed by atoms with Crippen LogP contribution < -0.4 is 15.8 Å². The first kappa shape index (κ1) is 19.5. The van der Waals surface area contributed by atoms with E-state index in [1.165, 1.54) is 18.5 Å². The van der Waals surface area contributed by atoms with E-state index in [2.05, 4.69) is 20.6 Å². The van der Waals surface area contributed by atoms with E-state index in [1.807, 2.05) is 30.3 Å². The standard InChI is InChI=1S/C19H19N5O3S/c20-28(26,27)16-8-6-14(7-9-16)10-11-21-19(25)17-12-18(23-13-22-17)24-15-4-2-1-3-5-15/h1-9,12-13H,10-11H2,(H,21,25)(H2,20,26,27)(H,22,23,24). The summed E-state index contributed by atoms with van der Waals surface area (Å²) in [7, 11) is -3.71. The second-order valence-electron chi connectivity index (χ2n) is 5.97. The summed E-state index contributed by atoms with van der Waals surface area (Å²) in [4.78, 5) is 20.5. The first-order valence-corrected chi connectivity index (χ1v) is 10.0. The smallest absolute Gasteiger partial charge is 0.270 e. The highest BCUT2D eigenvalue weighted by Gasteiger charge is 2.09. The third-order valence-electron chi connectivity index (χ3n) is 3.90. The van der Waals surface area contributed by atoms with Crippen molar-refractivity contribution >= 4 is 27.4 Å². The van der Waals surface area contributed by atoms with Crippen LogP contribution in [0.5, 0.6) is 0 Å². The summed E-state index contributed by atoms with van der Waals surface area (Å²) >= 11 is 0. The summed E-state index contributed by atoms with van der Waals surface area (Å²) < 4.78 is 22.5. The molecular weight excluding hydrogens is 378 g/mol. The maximum atomic E-state index is 12.3. The van der Waals surface area contributed by atoms with Crippen molar-refractivity contribution in [2.24, 2.45) is 5.14 Å². The van der Waals surface area contributed by atoms with Crippen LogP contribution in [0.15, 0.2) is 71.9 Å². The van der Waals surface area contributed by atoms with E-state index in [9.17, 15) is 13.2 Å². The van der Waals surface area contributed by atoms with Crippen LogP contribution in [0, 0.1) is 0 Å². The second-order valence-corrected chi connectivity index (χ2v) is 7.54. The molecule has 8 nitrogen and oxygen atoms in total. The lowest BCUT2D eigenvalue weighted by molar-refractivity contribution is 0.0949. The van der Waals surface area contributed by atoms with Gasteiger partial charge in [0.1, 0.15) is 17.8 Å². The number of amides is 1. The zero-order valence-corrected chi connectivity index (χ0v) is 15.7. The van der Waals surface area contributed by atoms with Gasteiger partial charge in [0, 0.05) is 18.3 Å². The normalized spacial score (nSPS) is 11.0. The predicted octanol–water partition coefficient (Wildman–Crippen LogP) is 1.84. The van der Waals surface area contributed by atoms with Crippen molar-refractivity contribution in [3.05, 3.63) is 78.2 Å². The molecule has 9 heteroatoms. The first-order chi connectivity index (χ1) is 13.4. The van der Waals surface area contributed by atoms with Gasteiger partial charge in [-0.3, -0.25) is 4.79 Å². The van der Waals surface area contributed by atoms with Gasteiger partial charge in [-0.2, -0.15) is 0 Å². The van der Waals surface area contributed by atoms with Crippen LogP contribution in [0.25, 0.3) is 0 Å². The average molecular weight is 397 g/mol. The van der Waals surface area contributed by atoms with Gasteiger partial charge in [0.25, 0.3) is 5.91 Å². The molecule has 28 heavy (non-hydrogen) atoms. The number of primary sulfonamides is 1. The van der Waals surface area contributed by atoms with Crippen molar-refractivity contribution in [1.82, 2.24) is 15.3 Å². The number of nitrogens with two attached hydrogens (primary N) is 1. The molecule has 0 radical (unpaired) electrons. The van der Waals surface area contributed by atoms with Gasteiger partial charge in [0.15, 0.2) is 0 Å². The van der Waals surface area contributed by atoms with Gasteiger partial charge in [-0.1, -0.05) is 30.3 Å². The molecule has 1 heterocycles. The van der Waals surface area contributed by atoms with Gasteiger partial charge in [-0.15, -0.1) is 0 Å². The molecule has 0 unspecified atom stereocenters. The fourth-order valence-electron chi connectivity index (χ4n) is 2.48. The topological polar surface area (TPSA) is 127 Å². The van der Waals surface area contributed by atoms with E-state index in [0.717, 1.165) is 11.3 Å². The molecule has 0 fully saturated rings. The van der Waals surface area contributed by atoms with Crippen LogP contribution >= 0.6 is 0 Å². The number of sulfonamides is 1. The molecule has 0 aliphatic carbocycles. The zero-order valence-electron chi connectivity index (χ0n) is 14.9. The van der Waals surface area contributed by atoms with Crippen LogP contribution in [0.4, 0.5) is 11.5 Å². The predicted molar refractivity (Wildman–Crippen MR) is 106 cm³/mol. The lowest BCUT2D eigenvalue weighted by Gasteiger charge is -2.08. The Balaban J connectivity index is 1.55. The molecule has 2 aromatic carbocycles. The number of hydrogen-bond acceptors (Lipinski definition) is 6. The number of para-hydroxylation sites is 1. The van der Waals surface area contributed by atoms with Crippen LogP contribution in [0.2, 0.25) is 0 Å². The molecule has 1 aromatic heterocycles. The monoisotopic (exact) mass is 397 g/mol. The summed E-state index contributed by atoms with van der Waals surface area (Å²) in [5.41, 5.74) is 1.98. The maximum Gasteiger partial charge on any atom is 0.270 e. The maximum absolute atomic E-state index is 12.3. The molecule has 3 rings (SSSR count). The van der Waals surface area contributed by atoms with E-state index < -0.39 is 10.0 Å². The molecular formula is C19H19N5O3S. The molecule has 0 saturated heterocycles. The Kier molecular flexibility index (Phi) is 5.97. The molecule has 1 amide bonds. The highest BCUT2D eigenvalue weighted by atomic mass is 32.2. The minimum Gasteiger partial charge on any atom is -0.350 e. The van der Waals surface area contributed by atoms with E-state index in [4.69, 9.17) is 5.14 Å². The van der Waals surface area contributed by atoms with Crippen molar-refractivity contribution < 1.29 is 13.2 Å². The fraction of sp³-hybridized carbons (Fsp3) is 0.105. The molecule has 0 aliphatic heterocycles. The Labute approximate surface area is 162 Å². The number of nitrogens with zero attached hydrogens (tertiary/aromatic N) is 2. The van der Waals surface area contributed by atoms with Gasteiger partial charge in [0.2, 0.25) is 10.0 Å². The van der Waals surface area contributed by atoms with Gasteiger partial charge in [0.05, 0.1) is 4.90 Å². The number of aromatic nitrogens is 2. The quantitative estimate of drug-likeness (QED) is 0.558. The van der Waals surface area contributed by atoms with E-state index >= 15 is 0 Å². The van der Waals surface area contributed by atoms with Gasteiger partial charge in [-0.05, 0) is 36.2 Å². The third-order valence-corrected chi connectivity index (χ3v) is 4.83. The molecule has 0 atom stereocenters. The van der Waals surface area contributed by atoms with Crippen LogP contribution in [0.3, 0.4) is 0 Å². The van der Waals surface area contributed by atoms with Crippen molar-refractivity contribution in [2.45, 2.75) is 11.3 Å². The fourth-order valence-corrected chi connectivity index (χ4v) is 2.99. The Hall–Kier alpha value is -3.30. The Bertz CT molecular complexity index is 1050. The lowest BCUT2D eigenvalue weighted by Crippen LogP contribution is -2.26. The number of carbonyl (C=O) groups excluding carboxylic acids is 1. The number of nitrogens with one attached hydrogen (secondary N) is 2. The van der Waals surface area contributed by atoms with Gasteiger partial charge in [-0.25, -0.2) is 23.5 Å². The molecule has 144 valence electrons. The Morgan fingerprint density at radius 2 is 1.71 bits per heavy atom. The van der Waals surface area contributed by atoms with Crippen molar-refractivity contribution in [2.75, 3.05) is 11.9 Å². The van der Waals surface area contributed by atoms with Crippen molar-refractivity contribution in [1.29, 1.82) is 0 Å². The molecule has 4 N–H and O–H groups in total. The largest absolute Gasteiger partial charge is 0.350 e.